The molecule has 0 radical (unpaired) electrons. The highest BCUT2D eigenvalue weighted by Crippen LogP contribution is 2.18. The van der Waals surface area contributed by atoms with Gasteiger partial charge in [0.1, 0.15) is 0 Å². The number of nitrogens with zero attached hydrogens (tertiary/aromatic N) is 2. The number of hydrogen-bond acceptors (Lipinski definition) is 4. The molecule has 2 N–H and O–H groups in total. The topological polar surface area (TPSA) is 62.7 Å². The van der Waals surface area contributed by atoms with E-state index in [0.29, 0.717) is 6.42 Å². The van der Waals surface area contributed by atoms with Gasteiger partial charge < -0.3 is 5.73 Å². The first-order valence-electron chi connectivity index (χ1n) is 4.85. The molecule has 0 aromatic carbocycles. The third-order valence-electron chi connectivity index (χ3n) is 1.92. The van der Waals surface area contributed by atoms with Crippen LogP contribution in [0.4, 0.5) is 0 Å². The van der Waals surface area contributed by atoms with Crippen molar-refractivity contribution in [3.05, 3.63) is 23.4 Å². The first-order chi connectivity index (χ1) is 7.11. The molecule has 1 rings (SSSR count). The molecule has 0 aliphatic carbocycles. The summed E-state index contributed by atoms with van der Waals surface area (Å²) in [5.41, 5.74) is 7.75. The second-order valence-electron chi connectivity index (χ2n) is 3.50. The van der Waals surface area contributed by atoms with Crippen LogP contribution < -0.4 is 5.73 Å². The Bertz CT molecular complexity index is 350. The van der Waals surface area contributed by atoms with E-state index in [1.54, 1.807) is 11.8 Å². The van der Waals surface area contributed by atoms with Gasteiger partial charge in [0.15, 0.2) is 0 Å². The number of hydrogen-bond donors (Lipinski definition) is 1. The van der Waals surface area contributed by atoms with Crippen molar-refractivity contribution in [1.82, 2.24) is 4.98 Å². The average molecular weight is 221 g/mol. The summed E-state index contributed by atoms with van der Waals surface area (Å²) in [7, 11) is 0. The average Bonchev–Trinajstić information content (AvgIpc) is 2.16. The van der Waals surface area contributed by atoms with Crippen LogP contribution in [0.5, 0.6) is 0 Å². The Morgan fingerprint density at radius 2 is 2.27 bits per heavy atom. The van der Waals surface area contributed by atoms with Gasteiger partial charge in [-0.15, -0.1) is 11.8 Å². The van der Waals surface area contributed by atoms with Crippen LogP contribution in [-0.4, -0.2) is 16.8 Å². The summed E-state index contributed by atoms with van der Waals surface area (Å²) in [6.07, 6.45) is 0.704. The Morgan fingerprint density at radius 1 is 1.53 bits per heavy atom. The van der Waals surface area contributed by atoms with E-state index in [9.17, 15) is 0 Å². The van der Waals surface area contributed by atoms with Crippen molar-refractivity contribution in [3.63, 3.8) is 0 Å². The molecule has 15 heavy (non-hydrogen) atoms. The third kappa shape index (κ3) is 4.32. The van der Waals surface area contributed by atoms with Crippen LogP contribution in [0.25, 0.3) is 0 Å². The number of rotatable bonds is 4. The number of thioether (sulfide) groups is 1. The van der Waals surface area contributed by atoms with Crippen LogP contribution in [0.1, 0.15) is 17.7 Å². The molecule has 0 fully saturated rings. The molecule has 0 aliphatic rings. The van der Waals surface area contributed by atoms with E-state index in [1.165, 1.54) is 5.56 Å². The van der Waals surface area contributed by atoms with Crippen molar-refractivity contribution in [2.45, 2.75) is 31.3 Å². The quantitative estimate of drug-likeness (QED) is 0.790. The van der Waals surface area contributed by atoms with E-state index in [2.05, 4.69) is 18.0 Å². The summed E-state index contributed by atoms with van der Waals surface area (Å²) < 4.78 is 0. The van der Waals surface area contributed by atoms with E-state index in [0.717, 1.165) is 16.5 Å². The Balaban J connectivity index is 2.48. The molecule has 4 heteroatoms. The Hall–Kier alpha value is -1.05. The molecular weight excluding hydrogens is 206 g/mol. The molecule has 0 amide bonds. The monoisotopic (exact) mass is 221 g/mol. The molecule has 0 saturated carbocycles. The van der Waals surface area contributed by atoms with Gasteiger partial charge in [0.2, 0.25) is 0 Å². The number of nitrogens with two attached hydrogens (primary N) is 1. The maximum absolute atomic E-state index is 8.52. The largest absolute Gasteiger partial charge is 0.316 e. The van der Waals surface area contributed by atoms with Gasteiger partial charge in [-0.1, -0.05) is 0 Å². The molecule has 1 unspecified atom stereocenters. The van der Waals surface area contributed by atoms with E-state index in [1.807, 2.05) is 19.1 Å². The summed E-state index contributed by atoms with van der Waals surface area (Å²) >= 11 is 1.65. The van der Waals surface area contributed by atoms with Gasteiger partial charge >= 0.3 is 0 Å². The van der Waals surface area contributed by atoms with Crippen LogP contribution in [0.2, 0.25) is 0 Å². The van der Waals surface area contributed by atoms with Gasteiger partial charge in [-0.3, -0.25) is 0 Å². The highest BCUT2D eigenvalue weighted by molar-refractivity contribution is 7.99. The highest BCUT2D eigenvalue weighted by Gasteiger charge is 2.02. The van der Waals surface area contributed by atoms with Crippen LogP contribution >= 0.6 is 11.8 Å². The first-order valence-corrected chi connectivity index (χ1v) is 5.83. The molecule has 3 nitrogen and oxygen atoms in total. The summed E-state index contributed by atoms with van der Waals surface area (Å²) in [5, 5.41) is 9.53. The lowest BCUT2D eigenvalue weighted by molar-refractivity contribution is 0.802. The van der Waals surface area contributed by atoms with Crippen LogP contribution in [0, 0.1) is 25.2 Å². The lowest BCUT2D eigenvalue weighted by atomic mass is 10.3. The molecular formula is C11H15N3S. The van der Waals surface area contributed by atoms with Crippen molar-refractivity contribution in [2.75, 3.05) is 5.75 Å². The zero-order valence-corrected chi connectivity index (χ0v) is 9.84. The lowest BCUT2D eigenvalue weighted by Crippen LogP contribution is -2.17. The molecule has 1 aromatic rings. The van der Waals surface area contributed by atoms with Crippen molar-refractivity contribution >= 4 is 11.8 Å². The van der Waals surface area contributed by atoms with Crippen LogP contribution in [-0.2, 0) is 0 Å². The van der Waals surface area contributed by atoms with Gasteiger partial charge in [0, 0.05) is 11.4 Å². The molecule has 1 aromatic heterocycles. The van der Waals surface area contributed by atoms with Gasteiger partial charge in [-0.05, 0) is 38.0 Å². The Morgan fingerprint density at radius 3 is 2.87 bits per heavy atom. The van der Waals surface area contributed by atoms with Gasteiger partial charge in [-0.25, -0.2) is 4.98 Å². The Labute approximate surface area is 94.7 Å². The van der Waals surface area contributed by atoms with Gasteiger partial charge in [0.25, 0.3) is 0 Å². The van der Waals surface area contributed by atoms with Crippen LogP contribution in [0.3, 0.4) is 0 Å². The minimum Gasteiger partial charge on any atom is -0.316 e. The van der Waals surface area contributed by atoms with E-state index in [-0.39, 0.29) is 6.04 Å². The summed E-state index contributed by atoms with van der Waals surface area (Å²) in [4.78, 5) is 4.40. The van der Waals surface area contributed by atoms with Crippen molar-refractivity contribution < 1.29 is 0 Å². The molecule has 1 atom stereocenters. The summed E-state index contributed by atoms with van der Waals surface area (Å²) in [5.74, 6) is 0.838. The zero-order valence-electron chi connectivity index (χ0n) is 9.03. The zero-order chi connectivity index (χ0) is 11.3. The summed E-state index contributed by atoms with van der Waals surface area (Å²) in [6.45, 7) is 4.04. The maximum atomic E-state index is 8.52. The predicted molar refractivity (Wildman–Crippen MR) is 62.6 cm³/mol. The maximum Gasteiger partial charge on any atom is 0.0965 e. The van der Waals surface area contributed by atoms with Crippen molar-refractivity contribution in [2.24, 2.45) is 5.73 Å². The van der Waals surface area contributed by atoms with E-state index in [4.69, 9.17) is 11.0 Å². The first kappa shape index (κ1) is 12.0. The fraction of sp³-hybridized carbons (Fsp3) is 0.455. The second kappa shape index (κ2) is 5.74. The third-order valence-corrected chi connectivity index (χ3v) is 2.86. The van der Waals surface area contributed by atoms with Gasteiger partial charge in [-0.2, -0.15) is 5.26 Å². The normalized spacial score (nSPS) is 12.1. The van der Waals surface area contributed by atoms with E-state index < -0.39 is 0 Å². The minimum atomic E-state index is -0.358. The lowest BCUT2D eigenvalue weighted by Gasteiger charge is -2.04. The van der Waals surface area contributed by atoms with Crippen LogP contribution in [0.15, 0.2) is 17.2 Å². The molecule has 0 bridgehead atoms. The highest BCUT2D eigenvalue weighted by atomic mass is 32.2. The molecule has 0 spiro atoms. The van der Waals surface area contributed by atoms with Crippen molar-refractivity contribution in [3.8, 4) is 6.07 Å². The van der Waals surface area contributed by atoms with Crippen molar-refractivity contribution in [1.29, 1.82) is 5.26 Å². The van der Waals surface area contributed by atoms with E-state index >= 15 is 0 Å². The number of aromatic nitrogens is 1. The second-order valence-corrected chi connectivity index (χ2v) is 4.61. The molecule has 0 saturated heterocycles. The molecule has 1 heterocycles. The fourth-order valence-electron chi connectivity index (χ4n) is 1.23. The number of nitriles is 1. The number of pyridine rings is 1. The number of aryl methyl sites for hydroxylation is 2. The smallest absolute Gasteiger partial charge is 0.0965 e. The fourth-order valence-corrected chi connectivity index (χ4v) is 2.29. The predicted octanol–water partition coefficient (Wildman–Crippen LogP) is 2.03. The van der Waals surface area contributed by atoms with Gasteiger partial charge in [0.05, 0.1) is 17.1 Å². The summed E-state index contributed by atoms with van der Waals surface area (Å²) in [6, 6.07) is 5.76. The Kier molecular flexibility index (Phi) is 4.60. The molecule has 0 aliphatic heterocycles. The standard InChI is InChI=1S/C11H15N3S/c1-8-5-9(2)14-11(6-8)15-4-3-10(13)7-12/h5-6,10H,3-4,13H2,1-2H3. The molecule has 80 valence electrons. The minimum absolute atomic E-state index is 0.358. The SMILES string of the molecule is Cc1cc(C)nc(SCCC(N)C#N)c1.